The molecule has 0 unspecified atom stereocenters. The zero-order valence-electron chi connectivity index (χ0n) is 8.24. The van der Waals surface area contributed by atoms with E-state index >= 15 is 0 Å². The second-order valence-electron chi connectivity index (χ2n) is 3.10. The van der Waals surface area contributed by atoms with E-state index in [-0.39, 0.29) is 10.6 Å². The maximum Gasteiger partial charge on any atom is 0.221 e. The van der Waals surface area contributed by atoms with Gasteiger partial charge in [0.05, 0.1) is 10.6 Å². The second-order valence-corrected chi connectivity index (χ2v) is 5.11. The lowest BCUT2D eigenvalue weighted by atomic mass is 10.3. The van der Waals surface area contributed by atoms with E-state index in [9.17, 15) is 17.6 Å². The summed E-state index contributed by atoms with van der Waals surface area (Å²) in [6.45, 7) is 1.24. The van der Waals surface area contributed by atoms with Crippen molar-refractivity contribution in [1.82, 2.24) is 0 Å². The molecule has 0 aliphatic rings. The van der Waals surface area contributed by atoms with Gasteiger partial charge in [0.15, 0.2) is 9.84 Å². The van der Waals surface area contributed by atoms with Crippen molar-refractivity contribution in [3.8, 4) is 0 Å². The first-order chi connectivity index (χ1) is 6.80. The standard InChI is InChI=1S/C9H10FNO3S/c1-6(12)11-9-4-3-7(5-8(9)10)15(2,13)14/h3-5H,1-2H3,(H,11,12). The Balaban J connectivity index is 3.15. The summed E-state index contributed by atoms with van der Waals surface area (Å²) in [6.07, 6.45) is 0.986. The fraction of sp³-hybridized carbons (Fsp3) is 0.222. The van der Waals surface area contributed by atoms with E-state index in [1.807, 2.05) is 0 Å². The summed E-state index contributed by atoms with van der Waals surface area (Å²) in [5.41, 5.74) is -0.0325. The highest BCUT2D eigenvalue weighted by Crippen LogP contribution is 2.18. The van der Waals surface area contributed by atoms with E-state index in [2.05, 4.69) is 5.32 Å². The lowest BCUT2D eigenvalue weighted by molar-refractivity contribution is -0.114. The number of carbonyl (C=O) groups is 1. The van der Waals surface area contributed by atoms with Crippen LogP contribution in [0.15, 0.2) is 23.1 Å². The topological polar surface area (TPSA) is 63.2 Å². The van der Waals surface area contributed by atoms with E-state index in [0.29, 0.717) is 0 Å². The third-order valence-corrected chi connectivity index (χ3v) is 2.79. The van der Waals surface area contributed by atoms with Crippen molar-refractivity contribution in [2.45, 2.75) is 11.8 Å². The number of hydrogen-bond acceptors (Lipinski definition) is 3. The summed E-state index contributed by atoms with van der Waals surface area (Å²) in [7, 11) is -3.42. The van der Waals surface area contributed by atoms with Crippen LogP contribution in [0.3, 0.4) is 0 Å². The fourth-order valence-corrected chi connectivity index (χ4v) is 1.65. The van der Waals surface area contributed by atoms with Gasteiger partial charge in [-0.3, -0.25) is 4.79 Å². The van der Waals surface area contributed by atoms with Crippen molar-refractivity contribution in [2.75, 3.05) is 11.6 Å². The summed E-state index contributed by atoms with van der Waals surface area (Å²) < 4.78 is 35.4. The van der Waals surface area contributed by atoms with Crippen LogP contribution in [0.2, 0.25) is 0 Å². The van der Waals surface area contributed by atoms with Gasteiger partial charge in [0.1, 0.15) is 5.82 Å². The number of hydrogen-bond donors (Lipinski definition) is 1. The zero-order chi connectivity index (χ0) is 11.6. The Morgan fingerprint density at radius 2 is 2.00 bits per heavy atom. The molecule has 6 heteroatoms. The first kappa shape index (κ1) is 11.6. The van der Waals surface area contributed by atoms with Gasteiger partial charge in [0, 0.05) is 13.2 Å². The Morgan fingerprint density at radius 1 is 1.40 bits per heavy atom. The number of halogens is 1. The lowest BCUT2D eigenvalue weighted by Crippen LogP contribution is -2.08. The van der Waals surface area contributed by atoms with Crippen LogP contribution in [-0.2, 0) is 14.6 Å². The molecule has 0 saturated heterocycles. The van der Waals surface area contributed by atoms with Crippen LogP contribution in [-0.4, -0.2) is 20.6 Å². The molecule has 1 amide bonds. The van der Waals surface area contributed by atoms with Crippen LogP contribution >= 0.6 is 0 Å². The molecule has 0 aromatic heterocycles. The molecule has 1 aromatic rings. The average Bonchev–Trinajstić information content (AvgIpc) is 2.05. The van der Waals surface area contributed by atoms with Crippen molar-refractivity contribution in [1.29, 1.82) is 0 Å². The first-order valence-electron chi connectivity index (χ1n) is 4.08. The van der Waals surface area contributed by atoms with Gasteiger partial charge in [-0.1, -0.05) is 0 Å². The molecule has 0 atom stereocenters. The molecule has 1 aromatic carbocycles. The van der Waals surface area contributed by atoms with Crippen LogP contribution in [0.25, 0.3) is 0 Å². The van der Waals surface area contributed by atoms with Gasteiger partial charge >= 0.3 is 0 Å². The molecule has 15 heavy (non-hydrogen) atoms. The van der Waals surface area contributed by atoms with E-state index in [1.165, 1.54) is 19.1 Å². The Morgan fingerprint density at radius 3 is 2.40 bits per heavy atom. The van der Waals surface area contributed by atoms with Gasteiger partial charge in [-0.2, -0.15) is 0 Å². The molecule has 0 radical (unpaired) electrons. The third kappa shape index (κ3) is 3.02. The maximum atomic E-state index is 13.3. The van der Waals surface area contributed by atoms with Crippen LogP contribution in [0.1, 0.15) is 6.92 Å². The first-order valence-corrected chi connectivity index (χ1v) is 5.97. The van der Waals surface area contributed by atoms with Gasteiger partial charge in [0.2, 0.25) is 5.91 Å². The minimum Gasteiger partial charge on any atom is -0.324 e. The van der Waals surface area contributed by atoms with Crippen molar-refractivity contribution >= 4 is 21.4 Å². The molecule has 1 rings (SSSR count). The predicted molar refractivity (Wildman–Crippen MR) is 53.8 cm³/mol. The number of rotatable bonds is 2. The van der Waals surface area contributed by atoms with Gasteiger partial charge in [-0.05, 0) is 18.2 Å². The van der Waals surface area contributed by atoms with Crippen molar-refractivity contribution in [3.05, 3.63) is 24.0 Å². The third-order valence-electron chi connectivity index (χ3n) is 1.68. The number of anilines is 1. The minimum atomic E-state index is -3.42. The quantitative estimate of drug-likeness (QED) is 0.831. The van der Waals surface area contributed by atoms with Crippen molar-refractivity contribution < 1.29 is 17.6 Å². The molecule has 0 aliphatic carbocycles. The number of amides is 1. The SMILES string of the molecule is CC(=O)Nc1ccc(S(C)(=O)=O)cc1F. The highest BCUT2D eigenvalue weighted by Gasteiger charge is 2.11. The van der Waals surface area contributed by atoms with Crippen LogP contribution in [0.4, 0.5) is 10.1 Å². The number of sulfone groups is 1. The van der Waals surface area contributed by atoms with Gasteiger partial charge in [-0.15, -0.1) is 0 Å². The molecule has 0 saturated carbocycles. The van der Waals surface area contributed by atoms with Crippen molar-refractivity contribution in [3.63, 3.8) is 0 Å². The Bertz CT molecular complexity index is 496. The Hall–Kier alpha value is -1.43. The normalized spacial score (nSPS) is 11.1. The van der Waals surface area contributed by atoms with Gasteiger partial charge in [-0.25, -0.2) is 12.8 Å². The Labute approximate surface area is 87.0 Å². The van der Waals surface area contributed by atoms with Gasteiger partial charge in [0.25, 0.3) is 0 Å². The lowest BCUT2D eigenvalue weighted by Gasteiger charge is -2.05. The summed E-state index contributed by atoms with van der Waals surface area (Å²) in [6, 6.07) is 3.33. The predicted octanol–water partition coefficient (Wildman–Crippen LogP) is 1.19. The number of carbonyl (C=O) groups excluding carboxylic acids is 1. The summed E-state index contributed by atoms with van der Waals surface area (Å²) >= 11 is 0. The molecule has 4 nitrogen and oxygen atoms in total. The smallest absolute Gasteiger partial charge is 0.221 e. The molecule has 0 fully saturated rings. The molecule has 0 heterocycles. The Kier molecular flexibility index (Phi) is 3.09. The van der Waals surface area contributed by atoms with Crippen molar-refractivity contribution in [2.24, 2.45) is 0 Å². The molecule has 1 N–H and O–H groups in total. The van der Waals surface area contributed by atoms with Crippen LogP contribution in [0, 0.1) is 5.82 Å². The highest BCUT2D eigenvalue weighted by molar-refractivity contribution is 7.90. The van der Waals surface area contributed by atoms with E-state index in [1.54, 1.807) is 0 Å². The van der Waals surface area contributed by atoms with Crippen LogP contribution in [0.5, 0.6) is 0 Å². The second kappa shape index (κ2) is 3.98. The van der Waals surface area contributed by atoms with E-state index in [4.69, 9.17) is 0 Å². The minimum absolute atomic E-state index is 0.0325. The van der Waals surface area contributed by atoms with E-state index in [0.717, 1.165) is 12.3 Å². The molecule has 0 spiro atoms. The zero-order valence-corrected chi connectivity index (χ0v) is 9.06. The van der Waals surface area contributed by atoms with Gasteiger partial charge < -0.3 is 5.32 Å². The van der Waals surface area contributed by atoms with E-state index < -0.39 is 21.6 Å². The summed E-state index contributed by atoms with van der Waals surface area (Å²) in [5.74, 6) is -1.19. The summed E-state index contributed by atoms with van der Waals surface area (Å²) in [4.78, 5) is 10.5. The molecule has 0 aliphatic heterocycles. The van der Waals surface area contributed by atoms with Crippen LogP contribution < -0.4 is 5.32 Å². The molecule has 0 bridgehead atoms. The summed E-state index contributed by atoms with van der Waals surface area (Å²) in [5, 5.41) is 2.24. The maximum absolute atomic E-state index is 13.3. The highest BCUT2D eigenvalue weighted by atomic mass is 32.2. The largest absolute Gasteiger partial charge is 0.324 e. The molecule has 82 valence electrons. The monoisotopic (exact) mass is 231 g/mol. The fourth-order valence-electron chi connectivity index (χ4n) is 1.02. The number of nitrogens with one attached hydrogen (secondary N) is 1. The molecular formula is C9H10FNO3S. The number of benzene rings is 1. The average molecular weight is 231 g/mol. The molecular weight excluding hydrogens is 221 g/mol.